The van der Waals surface area contributed by atoms with E-state index < -0.39 is 5.91 Å². The zero-order valence-corrected chi connectivity index (χ0v) is 17.3. The van der Waals surface area contributed by atoms with Crippen molar-refractivity contribution in [1.29, 1.82) is 0 Å². The molecule has 5 nitrogen and oxygen atoms in total. The van der Waals surface area contributed by atoms with E-state index in [1.54, 1.807) is 7.05 Å². The molecule has 4 rings (SSSR count). The van der Waals surface area contributed by atoms with Crippen LogP contribution in [0.5, 0.6) is 11.6 Å². The Hall–Kier alpha value is -3.21. The predicted octanol–water partition coefficient (Wildman–Crippen LogP) is 5.33. The highest BCUT2D eigenvalue weighted by Crippen LogP contribution is 2.36. The van der Waals surface area contributed by atoms with Crippen molar-refractivity contribution in [2.45, 2.75) is 44.4 Å². The number of carbonyl (C=O) groups excluding carboxylic acids is 1. The second-order valence-electron chi connectivity index (χ2n) is 8.13. The van der Waals surface area contributed by atoms with Gasteiger partial charge in [-0.3, -0.25) is 4.79 Å². The normalized spacial score (nSPS) is 14.6. The van der Waals surface area contributed by atoms with Gasteiger partial charge in [-0.15, -0.1) is 0 Å². The minimum absolute atomic E-state index is 0.0974. The Bertz CT molecular complexity index is 1020. The van der Waals surface area contributed by atoms with Crippen LogP contribution in [-0.2, 0) is 13.5 Å². The highest BCUT2D eigenvalue weighted by atomic mass is 16.3. The van der Waals surface area contributed by atoms with Gasteiger partial charge in [0.2, 0.25) is 5.88 Å². The standard InChI is InChI=1S/C25H28N2O3/c1-27-21(16-17-8-4-2-5-9-17)23(28)22(25(27)30)24(29)26-20-14-12-19(13-15-20)18-10-6-3-7-11-18/h2,4-5,8-9,12-15,18,28,30H,3,6-7,10-11,16H2,1H3,(H,26,29). The smallest absolute Gasteiger partial charge is 0.264 e. The number of benzene rings is 2. The topological polar surface area (TPSA) is 74.5 Å². The Kier molecular flexibility index (Phi) is 5.79. The van der Waals surface area contributed by atoms with Crippen LogP contribution in [0.2, 0.25) is 0 Å². The van der Waals surface area contributed by atoms with Crippen LogP contribution in [0.1, 0.15) is 65.2 Å². The first kappa shape index (κ1) is 20.1. The van der Waals surface area contributed by atoms with E-state index in [9.17, 15) is 15.0 Å². The molecule has 0 radical (unpaired) electrons. The molecule has 1 saturated carbocycles. The molecular formula is C25H28N2O3. The number of hydrogen-bond donors (Lipinski definition) is 3. The number of hydrogen-bond acceptors (Lipinski definition) is 3. The lowest BCUT2D eigenvalue weighted by molar-refractivity contribution is 0.102. The van der Waals surface area contributed by atoms with E-state index in [1.807, 2.05) is 42.5 Å². The first-order valence-electron chi connectivity index (χ1n) is 10.6. The van der Waals surface area contributed by atoms with Crippen molar-refractivity contribution in [3.8, 4) is 11.6 Å². The molecule has 3 aromatic rings. The lowest BCUT2D eigenvalue weighted by Crippen LogP contribution is -2.12. The number of aromatic nitrogens is 1. The lowest BCUT2D eigenvalue weighted by atomic mass is 9.84. The van der Waals surface area contributed by atoms with Gasteiger partial charge in [-0.2, -0.15) is 0 Å². The maximum absolute atomic E-state index is 12.8. The van der Waals surface area contributed by atoms with Crippen LogP contribution >= 0.6 is 0 Å². The van der Waals surface area contributed by atoms with Crippen molar-refractivity contribution in [3.05, 3.63) is 77.0 Å². The van der Waals surface area contributed by atoms with E-state index in [0.717, 1.165) is 5.56 Å². The SMILES string of the molecule is Cn1c(O)c(C(=O)Nc2ccc(C3CCCCC3)cc2)c(O)c1Cc1ccccc1. The van der Waals surface area contributed by atoms with Crippen LogP contribution in [-0.4, -0.2) is 20.7 Å². The third-order valence-electron chi connectivity index (χ3n) is 6.14. The van der Waals surface area contributed by atoms with Gasteiger partial charge in [0.25, 0.3) is 5.91 Å². The number of aromatic hydroxyl groups is 2. The van der Waals surface area contributed by atoms with Gasteiger partial charge in [0.05, 0.1) is 5.69 Å². The Morgan fingerprint density at radius 3 is 2.33 bits per heavy atom. The van der Waals surface area contributed by atoms with E-state index in [-0.39, 0.29) is 17.2 Å². The summed E-state index contributed by atoms with van der Waals surface area (Å²) in [6.07, 6.45) is 6.74. The third-order valence-corrected chi connectivity index (χ3v) is 6.14. The molecule has 1 aliphatic carbocycles. The van der Waals surface area contributed by atoms with Crippen molar-refractivity contribution < 1.29 is 15.0 Å². The summed E-state index contributed by atoms with van der Waals surface area (Å²) in [6, 6.07) is 17.6. The predicted molar refractivity (Wildman–Crippen MR) is 118 cm³/mol. The molecule has 2 aromatic carbocycles. The molecule has 0 spiro atoms. The van der Waals surface area contributed by atoms with Crippen LogP contribution in [0.3, 0.4) is 0 Å². The van der Waals surface area contributed by atoms with Gasteiger partial charge in [0.15, 0.2) is 5.75 Å². The second kappa shape index (κ2) is 8.66. The molecule has 0 bridgehead atoms. The number of anilines is 1. The third kappa shape index (κ3) is 4.06. The largest absolute Gasteiger partial charge is 0.505 e. The summed E-state index contributed by atoms with van der Waals surface area (Å²) in [4.78, 5) is 12.8. The summed E-state index contributed by atoms with van der Waals surface area (Å²) in [5.41, 5.74) is 3.34. The van der Waals surface area contributed by atoms with E-state index >= 15 is 0 Å². The van der Waals surface area contributed by atoms with E-state index in [4.69, 9.17) is 0 Å². The summed E-state index contributed by atoms with van der Waals surface area (Å²) < 4.78 is 1.46. The minimum Gasteiger partial charge on any atom is -0.505 e. The van der Waals surface area contributed by atoms with Gasteiger partial charge in [0, 0.05) is 19.2 Å². The quantitative estimate of drug-likeness (QED) is 0.538. The fourth-order valence-electron chi connectivity index (χ4n) is 4.37. The van der Waals surface area contributed by atoms with Crippen molar-refractivity contribution in [1.82, 2.24) is 4.57 Å². The molecule has 5 heteroatoms. The van der Waals surface area contributed by atoms with Crippen LogP contribution in [0.15, 0.2) is 54.6 Å². The molecule has 1 amide bonds. The van der Waals surface area contributed by atoms with Gasteiger partial charge in [-0.25, -0.2) is 0 Å². The average Bonchev–Trinajstić information content (AvgIpc) is 2.99. The molecule has 3 N–H and O–H groups in total. The fraction of sp³-hybridized carbons (Fsp3) is 0.320. The zero-order chi connectivity index (χ0) is 21.1. The molecule has 0 atom stereocenters. The number of nitrogens with zero attached hydrogens (tertiary/aromatic N) is 1. The van der Waals surface area contributed by atoms with Gasteiger partial charge >= 0.3 is 0 Å². The molecule has 1 heterocycles. The molecule has 1 fully saturated rings. The zero-order valence-electron chi connectivity index (χ0n) is 17.3. The van der Waals surface area contributed by atoms with Gasteiger partial charge in [-0.05, 0) is 42.0 Å². The lowest BCUT2D eigenvalue weighted by Gasteiger charge is -2.22. The van der Waals surface area contributed by atoms with Crippen molar-refractivity contribution in [2.75, 3.05) is 5.32 Å². The number of rotatable bonds is 5. The number of carbonyl (C=O) groups is 1. The van der Waals surface area contributed by atoms with Crippen molar-refractivity contribution in [3.63, 3.8) is 0 Å². The van der Waals surface area contributed by atoms with Crippen molar-refractivity contribution >= 4 is 11.6 Å². The van der Waals surface area contributed by atoms with Crippen LogP contribution in [0.25, 0.3) is 0 Å². The van der Waals surface area contributed by atoms with E-state index in [2.05, 4.69) is 17.4 Å². The fourth-order valence-corrected chi connectivity index (χ4v) is 4.37. The van der Waals surface area contributed by atoms with Crippen LogP contribution < -0.4 is 5.32 Å². The molecule has 1 aromatic heterocycles. The summed E-state index contributed by atoms with van der Waals surface area (Å²) in [5.74, 6) is -0.346. The van der Waals surface area contributed by atoms with E-state index in [1.165, 1.54) is 42.2 Å². The molecule has 156 valence electrons. The second-order valence-corrected chi connectivity index (χ2v) is 8.13. The Labute approximate surface area is 177 Å². The molecular weight excluding hydrogens is 376 g/mol. The van der Waals surface area contributed by atoms with Crippen LogP contribution in [0, 0.1) is 0 Å². The Morgan fingerprint density at radius 1 is 1.00 bits per heavy atom. The van der Waals surface area contributed by atoms with E-state index in [0.29, 0.717) is 23.7 Å². The van der Waals surface area contributed by atoms with Gasteiger partial charge < -0.3 is 20.1 Å². The average molecular weight is 405 g/mol. The van der Waals surface area contributed by atoms with Gasteiger partial charge in [0.1, 0.15) is 5.56 Å². The first-order valence-corrected chi connectivity index (χ1v) is 10.6. The molecule has 0 saturated heterocycles. The summed E-state index contributed by atoms with van der Waals surface area (Å²) in [7, 11) is 1.64. The number of nitrogens with one attached hydrogen (secondary N) is 1. The summed E-state index contributed by atoms with van der Waals surface area (Å²) in [5, 5.41) is 24.0. The minimum atomic E-state index is -0.523. The summed E-state index contributed by atoms with van der Waals surface area (Å²) >= 11 is 0. The first-order chi connectivity index (χ1) is 14.5. The summed E-state index contributed by atoms with van der Waals surface area (Å²) in [6.45, 7) is 0. The van der Waals surface area contributed by atoms with Gasteiger partial charge in [-0.1, -0.05) is 61.7 Å². The molecule has 0 unspecified atom stereocenters. The monoisotopic (exact) mass is 404 g/mol. The highest BCUT2D eigenvalue weighted by Gasteiger charge is 2.26. The number of amides is 1. The Morgan fingerprint density at radius 2 is 1.67 bits per heavy atom. The van der Waals surface area contributed by atoms with Crippen molar-refractivity contribution in [2.24, 2.45) is 7.05 Å². The van der Waals surface area contributed by atoms with Crippen LogP contribution in [0.4, 0.5) is 5.69 Å². The molecule has 30 heavy (non-hydrogen) atoms. The molecule has 0 aliphatic heterocycles. The Balaban J connectivity index is 1.51. The maximum Gasteiger partial charge on any atom is 0.264 e. The highest BCUT2D eigenvalue weighted by molar-refractivity contribution is 6.08. The molecule has 1 aliphatic rings. The maximum atomic E-state index is 12.8.